The molecule has 0 aromatic carbocycles. The third-order valence-electron chi connectivity index (χ3n) is 2.84. The van der Waals surface area contributed by atoms with Crippen LogP contribution in [0.2, 0.25) is 0 Å². The third-order valence-corrected chi connectivity index (χ3v) is 2.84. The number of hydrogen-bond acceptors (Lipinski definition) is 4. The second-order valence-electron chi connectivity index (χ2n) is 3.72. The lowest BCUT2D eigenvalue weighted by Crippen LogP contribution is -2.28. The lowest BCUT2D eigenvalue weighted by atomic mass is 9.97. The number of aliphatic hydroxyl groups excluding tert-OH is 1. The molecule has 2 rings (SSSR count). The molecular weight excluding hydrogens is 267 g/mol. The molecule has 2 heterocycles. The number of nitrogens with one attached hydrogen (secondary N) is 1. The highest BCUT2D eigenvalue weighted by Crippen LogP contribution is 2.23. The van der Waals surface area contributed by atoms with Crippen molar-refractivity contribution in [2.75, 3.05) is 13.1 Å². The Labute approximate surface area is 113 Å². The summed E-state index contributed by atoms with van der Waals surface area (Å²) >= 11 is 0. The Morgan fingerprint density at radius 1 is 1.29 bits per heavy atom. The first kappa shape index (κ1) is 19.0. The van der Waals surface area contributed by atoms with Gasteiger partial charge in [-0.3, -0.25) is 0 Å². The van der Waals surface area contributed by atoms with E-state index < -0.39 is 0 Å². The van der Waals surface area contributed by atoms with E-state index in [-0.39, 0.29) is 36.9 Å². The van der Waals surface area contributed by atoms with Crippen LogP contribution in [0.5, 0.6) is 0 Å². The Bertz CT molecular complexity index is 316. The molecule has 0 atom stereocenters. The molecule has 1 aliphatic rings. The Hall–Kier alpha value is -0.400. The lowest BCUT2D eigenvalue weighted by Gasteiger charge is -2.21. The van der Waals surface area contributed by atoms with Gasteiger partial charge in [0.15, 0.2) is 5.82 Å². The maximum absolute atomic E-state index is 8.99. The van der Waals surface area contributed by atoms with Crippen LogP contribution in [0.15, 0.2) is 0 Å². The molecule has 0 saturated carbocycles. The highest BCUT2D eigenvalue weighted by atomic mass is 35.5. The van der Waals surface area contributed by atoms with Gasteiger partial charge in [-0.2, -0.15) is 0 Å². The van der Waals surface area contributed by atoms with Crippen LogP contribution in [-0.2, 0) is 13.7 Å². The fraction of sp³-hybridized carbons (Fsp3) is 0.778. The monoisotopic (exact) mass is 286 g/mol. The van der Waals surface area contributed by atoms with Crippen molar-refractivity contribution >= 4 is 24.8 Å². The van der Waals surface area contributed by atoms with Crippen molar-refractivity contribution in [3.63, 3.8) is 0 Å². The van der Waals surface area contributed by atoms with Crippen molar-refractivity contribution in [3.05, 3.63) is 11.6 Å². The van der Waals surface area contributed by atoms with Gasteiger partial charge in [0.1, 0.15) is 12.4 Å². The van der Waals surface area contributed by atoms with E-state index in [1.165, 1.54) is 0 Å². The van der Waals surface area contributed by atoms with E-state index >= 15 is 0 Å². The number of halogens is 2. The average molecular weight is 287 g/mol. The normalized spacial score (nSPS) is 15.4. The minimum absolute atomic E-state index is 0. The van der Waals surface area contributed by atoms with Crippen LogP contribution < -0.4 is 5.32 Å². The first-order valence-corrected chi connectivity index (χ1v) is 5.02. The maximum atomic E-state index is 8.99. The molecule has 6 nitrogen and oxygen atoms in total. The fourth-order valence-electron chi connectivity index (χ4n) is 1.95. The van der Waals surface area contributed by atoms with Crippen molar-refractivity contribution in [2.24, 2.45) is 7.05 Å². The van der Waals surface area contributed by atoms with E-state index in [2.05, 4.69) is 15.5 Å². The minimum Gasteiger partial charge on any atom is -0.412 e. The summed E-state index contributed by atoms with van der Waals surface area (Å²) in [7, 11) is 1.92. The number of hydrogen-bond donors (Lipinski definition) is 2. The van der Waals surface area contributed by atoms with Crippen LogP contribution in [0.3, 0.4) is 0 Å². The maximum Gasteiger partial charge on any atom is 0.158 e. The Morgan fingerprint density at radius 3 is 2.35 bits per heavy atom. The summed E-state index contributed by atoms with van der Waals surface area (Å²) in [4.78, 5) is 0. The van der Waals surface area contributed by atoms with Crippen molar-refractivity contribution < 1.29 is 10.6 Å². The molecule has 1 saturated heterocycles. The quantitative estimate of drug-likeness (QED) is 0.787. The van der Waals surface area contributed by atoms with Gasteiger partial charge in [-0.05, 0) is 25.9 Å². The Kier molecular flexibility index (Phi) is 9.65. The number of piperidine rings is 1. The molecule has 0 bridgehead atoms. The first-order chi connectivity index (χ1) is 6.83. The summed E-state index contributed by atoms with van der Waals surface area (Å²) in [5.41, 5.74) is 0. The predicted molar refractivity (Wildman–Crippen MR) is 69.9 cm³/mol. The largest absolute Gasteiger partial charge is 0.412 e. The molecule has 1 aromatic heterocycles. The summed E-state index contributed by atoms with van der Waals surface area (Å²) in [6, 6.07) is 0. The molecule has 1 fully saturated rings. The molecule has 0 radical (unpaired) electrons. The molecule has 0 spiro atoms. The number of nitrogens with zero attached hydrogens (tertiary/aromatic N) is 3. The minimum atomic E-state index is -0.0333. The van der Waals surface area contributed by atoms with Crippen LogP contribution in [0.4, 0.5) is 0 Å². The summed E-state index contributed by atoms with van der Waals surface area (Å²) < 4.78 is 1.91. The van der Waals surface area contributed by atoms with Crippen LogP contribution in [-0.4, -0.2) is 38.4 Å². The molecule has 102 valence electrons. The second-order valence-corrected chi connectivity index (χ2v) is 3.72. The second kappa shape index (κ2) is 8.66. The molecule has 0 unspecified atom stereocenters. The summed E-state index contributed by atoms with van der Waals surface area (Å²) in [5, 5.41) is 20.4. The zero-order valence-corrected chi connectivity index (χ0v) is 11.4. The highest BCUT2D eigenvalue weighted by Gasteiger charge is 2.20. The zero-order chi connectivity index (χ0) is 9.97. The third kappa shape index (κ3) is 4.08. The van der Waals surface area contributed by atoms with E-state index in [4.69, 9.17) is 5.11 Å². The Morgan fingerprint density at radius 2 is 1.88 bits per heavy atom. The molecule has 1 aliphatic heterocycles. The average Bonchev–Trinajstić information content (AvgIpc) is 2.61. The molecular formula is C9H20Cl2N4O2. The van der Waals surface area contributed by atoms with Gasteiger partial charge in [0.25, 0.3) is 0 Å². The summed E-state index contributed by atoms with van der Waals surface area (Å²) in [6.45, 7) is 2.06. The van der Waals surface area contributed by atoms with E-state index in [0.717, 1.165) is 31.8 Å². The molecule has 17 heavy (non-hydrogen) atoms. The van der Waals surface area contributed by atoms with Crippen LogP contribution in [0, 0.1) is 0 Å². The van der Waals surface area contributed by atoms with Gasteiger partial charge in [0.2, 0.25) is 0 Å². The molecule has 8 heteroatoms. The Balaban J connectivity index is 0. The van der Waals surface area contributed by atoms with Gasteiger partial charge in [-0.1, -0.05) is 0 Å². The molecule has 1 aromatic rings. The van der Waals surface area contributed by atoms with E-state index in [1.54, 1.807) is 0 Å². The lowest BCUT2D eigenvalue weighted by molar-refractivity contribution is 0.266. The van der Waals surface area contributed by atoms with Gasteiger partial charge < -0.3 is 20.5 Å². The van der Waals surface area contributed by atoms with Crippen LogP contribution >= 0.6 is 24.8 Å². The van der Waals surface area contributed by atoms with E-state index in [0.29, 0.717) is 11.7 Å². The fourth-order valence-corrected chi connectivity index (χ4v) is 1.95. The molecule has 0 amide bonds. The van der Waals surface area contributed by atoms with Crippen LogP contribution in [0.1, 0.15) is 30.4 Å². The number of aromatic nitrogens is 3. The van der Waals surface area contributed by atoms with Gasteiger partial charge in [-0.15, -0.1) is 35.0 Å². The van der Waals surface area contributed by atoms with Crippen LogP contribution in [0.25, 0.3) is 0 Å². The smallest absolute Gasteiger partial charge is 0.158 e. The SMILES string of the molecule is Cl.Cl.Cn1c(CO)nnc1C1CCNCC1.O. The first-order valence-electron chi connectivity index (χ1n) is 5.02. The predicted octanol–water partition coefficient (Wildman–Crippen LogP) is -0.207. The summed E-state index contributed by atoms with van der Waals surface area (Å²) in [5.74, 6) is 2.16. The van der Waals surface area contributed by atoms with Gasteiger partial charge >= 0.3 is 0 Å². The van der Waals surface area contributed by atoms with Crippen molar-refractivity contribution in [3.8, 4) is 0 Å². The van der Waals surface area contributed by atoms with Crippen molar-refractivity contribution in [1.29, 1.82) is 0 Å². The van der Waals surface area contributed by atoms with Gasteiger partial charge in [-0.25, -0.2) is 0 Å². The van der Waals surface area contributed by atoms with Gasteiger partial charge in [0, 0.05) is 13.0 Å². The highest BCUT2D eigenvalue weighted by molar-refractivity contribution is 5.85. The van der Waals surface area contributed by atoms with E-state index in [1.807, 2.05) is 11.6 Å². The van der Waals surface area contributed by atoms with E-state index in [9.17, 15) is 0 Å². The topological polar surface area (TPSA) is 94.5 Å². The molecule has 4 N–H and O–H groups in total. The van der Waals surface area contributed by atoms with Crippen molar-refractivity contribution in [1.82, 2.24) is 20.1 Å². The number of aliphatic hydroxyl groups is 1. The molecule has 0 aliphatic carbocycles. The summed E-state index contributed by atoms with van der Waals surface area (Å²) in [6.07, 6.45) is 2.22. The zero-order valence-electron chi connectivity index (χ0n) is 9.72. The standard InChI is InChI=1S/C9H16N4O.2ClH.H2O/c1-13-8(6-14)11-12-9(13)7-2-4-10-5-3-7;;;/h7,10,14H,2-6H2,1H3;2*1H;1H2. The van der Waals surface area contributed by atoms with Gasteiger partial charge in [0.05, 0.1) is 0 Å². The van der Waals surface area contributed by atoms with Crippen molar-refractivity contribution in [2.45, 2.75) is 25.4 Å². The number of rotatable bonds is 2.